The minimum atomic E-state index is 0. The van der Waals surface area contributed by atoms with E-state index in [4.69, 9.17) is 10.5 Å². The van der Waals surface area contributed by atoms with Gasteiger partial charge < -0.3 is 15.4 Å². The van der Waals surface area contributed by atoms with Gasteiger partial charge in [0.15, 0.2) is 0 Å². The topological polar surface area (TPSA) is 55.6 Å². The Morgan fingerprint density at radius 2 is 2.16 bits per heavy atom. The molecule has 4 nitrogen and oxygen atoms in total. The van der Waals surface area contributed by atoms with Crippen molar-refractivity contribution in [1.82, 2.24) is 4.90 Å². The van der Waals surface area contributed by atoms with Gasteiger partial charge in [0.2, 0.25) is 5.91 Å². The summed E-state index contributed by atoms with van der Waals surface area (Å²) in [7, 11) is 0. The van der Waals surface area contributed by atoms with Crippen LogP contribution in [-0.2, 0) is 9.53 Å². The van der Waals surface area contributed by atoms with Crippen LogP contribution in [0.25, 0.3) is 0 Å². The summed E-state index contributed by atoms with van der Waals surface area (Å²) < 4.78 is 5.63. The number of rotatable bonds is 3. The molecule has 0 bridgehead atoms. The van der Waals surface area contributed by atoms with Crippen molar-refractivity contribution < 1.29 is 9.53 Å². The molecule has 5 heteroatoms. The lowest BCUT2D eigenvalue weighted by atomic mass is 9.98. The fraction of sp³-hybridized carbons (Fsp3) is 0.929. The van der Waals surface area contributed by atoms with E-state index in [0.717, 1.165) is 25.8 Å². The van der Waals surface area contributed by atoms with E-state index in [1.165, 1.54) is 6.42 Å². The molecule has 0 spiro atoms. The highest BCUT2D eigenvalue weighted by Gasteiger charge is 2.33. The number of morpholine rings is 1. The molecule has 1 aliphatic heterocycles. The summed E-state index contributed by atoms with van der Waals surface area (Å²) in [6.07, 6.45) is 5.13. The van der Waals surface area contributed by atoms with Gasteiger partial charge in [-0.3, -0.25) is 4.79 Å². The molecular weight excluding hydrogens is 264 g/mol. The summed E-state index contributed by atoms with van der Waals surface area (Å²) in [6, 6.07) is 0.485. The molecule has 112 valence electrons. The number of carbonyl (C=O) groups excluding carboxylic acids is 1. The van der Waals surface area contributed by atoms with Crippen LogP contribution >= 0.6 is 12.4 Å². The second-order valence-corrected chi connectivity index (χ2v) is 5.81. The Bertz CT molecular complexity index is 301. The average molecular weight is 291 g/mol. The van der Waals surface area contributed by atoms with Crippen LogP contribution in [0.5, 0.6) is 0 Å². The number of amides is 1. The third kappa shape index (κ3) is 4.07. The molecule has 0 radical (unpaired) electrons. The molecule has 0 aromatic rings. The summed E-state index contributed by atoms with van der Waals surface area (Å²) in [6.45, 7) is 5.57. The predicted molar refractivity (Wildman–Crippen MR) is 78.4 cm³/mol. The zero-order valence-electron chi connectivity index (χ0n) is 12.0. The first-order valence-corrected chi connectivity index (χ1v) is 7.28. The predicted octanol–water partition coefficient (Wildman–Crippen LogP) is 1.95. The first kappa shape index (κ1) is 16.7. The number of hydrogen-bond donors (Lipinski definition) is 1. The van der Waals surface area contributed by atoms with Crippen molar-refractivity contribution in [2.24, 2.45) is 11.7 Å². The van der Waals surface area contributed by atoms with Gasteiger partial charge in [-0.1, -0.05) is 13.3 Å². The van der Waals surface area contributed by atoms with E-state index < -0.39 is 0 Å². The van der Waals surface area contributed by atoms with Crippen LogP contribution < -0.4 is 5.73 Å². The van der Waals surface area contributed by atoms with E-state index in [2.05, 4.69) is 6.92 Å². The van der Waals surface area contributed by atoms with Crippen molar-refractivity contribution in [3.8, 4) is 0 Å². The van der Waals surface area contributed by atoms with Gasteiger partial charge in [0.25, 0.3) is 0 Å². The summed E-state index contributed by atoms with van der Waals surface area (Å²) in [5.41, 5.74) is 6.06. The number of nitrogens with zero attached hydrogens (tertiary/aromatic N) is 1. The van der Waals surface area contributed by atoms with Crippen LogP contribution in [0.4, 0.5) is 0 Å². The SMILES string of the molecule is CCC1COC(C)CN1C(=O)C[C@@H]1CCC[C@H]1N.Cl. The molecule has 1 amide bonds. The zero-order chi connectivity index (χ0) is 13.1. The van der Waals surface area contributed by atoms with Gasteiger partial charge in [0.05, 0.1) is 18.8 Å². The smallest absolute Gasteiger partial charge is 0.223 e. The fourth-order valence-electron chi connectivity index (χ4n) is 3.15. The highest BCUT2D eigenvalue weighted by Crippen LogP contribution is 2.28. The Kier molecular flexibility index (Phi) is 6.57. The Labute approximate surface area is 122 Å². The molecule has 0 aromatic carbocycles. The standard InChI is InChI=1S/C14H26N2O2.ClH/c1-3-12-9-18-10(2)8-16(12)14(17)7-11-5-4-6-13(11)15;/h10-13H,3-9,15H2,1-2H3;1H/t10?,11-,12?,13+;/m0./s1. The molecule has 1 saturated carbocycles. The van der Waals surface area contributed by atoms with Gasteiger partial charge in [-0.25, -0.2) is 0 Å². The highest BCUT2D eigenvalue weighted by molar-refractivity contribution is 5.85. The lowest BCUT2D eigenvalue weighted by Crippen LogP contribution is -2.52. The molecule has 2 aliphatic rings. The van der Waals surface area contributed by atoms with Crippen molar-refractivity contribution >= 4 is 18.3 Å². The third-order valence-electron chi connectivity index (χ3n) is 4.41. The molecule has 0 aromatic heterocycles. The van der Waals surface area contributed by atoms with Crippen molar-refractivity contribution in [2.45, 2.75) is 64.1 Å². The van der Waals surface area contributed by atoms with Gasteiger partial charge in [0, 0.05) is 19.0 Å². The second-order valence-electron chi connectivity index (χ2n) is 5.81. The van der Waals surface area contributed by atoms with Crippen molar-refractivity contribution in [2.75, 3.05) is 13.2 Å². The van der Waals surface area contributed by atoms with Crippen LogP contribution in [-0.4, -0.2) is 42.1 Å². The molecule has 2 N–H and O–H groups in total. The molecule has 4 atom stereocenters. The Morgan fingerprint density at radius 3 is 2.74 bits per heavy atom. The van der Waals surface area contributed by atoms with E-state index in [-0.39, 0.29) is 36.5 Å². The van der Waals surface area contributed by atoms with E-state index in [9.17, 15) is 4.79 Å². The summed E-state index contributed by atoms with van der Waals surface area (Å²) in [4.78, 5) is 14.5. The number of ether oxygens (including phenoxy) is 1. The summed E-state index contributed by atoms with van der Waals surface area (Å²) in [5.74, 6) is 0.674. The molecule has 1 heterocycles. The molecule has 2 rings (SSSR count). The third-order valence-corrected chi connectivity index (χ3v) is 4.41. The van der Waals surface area contributed by atoms with E-state index >= 15 is 0 Å². The second kappa shape index (κ2) is 7.46. The Hall–Kier alpha value is -0.320. The number of nitrogens with two attached hydrogens (primary N) is 1. The molecule has 19 heavy (non-hydrogen) atoms. The van der Waals surface area contributed by atoms with Crippen LogP contribution in [0, 0.1) is 5.92 Å². The molecule has 2 unspecified atom stereocenters. The fourth-order valence-corrected chi connectivity index (χ4v) is 3.15. The number of hydrogen-bond acceptors (Lipinski definition) is 3. The lowest BCUT2D eigenvalue weighted by molar-refractivity contribution is -0.145. The maximum atomic E-state index is 12.4. The Morgan fingerprint density at radius 1 is 1.42 bits per heavy atom. The Balaban J connectivity index is 0.00000180. The van der Waals surface area contributed by atoms with Crippen molar-refractivity contribution in [1.29, 1.82) is 0 Å². The lowest BCUT2D eigenvalue weighted by Gasteiger charge is -2.39. The average Bonchev–Trinajstić information content (AvgIpc) is 2.75. The zero-order valence-corrected chi connectivity index (χ0v) is 12.8. The highest BCUT2D eigenvalue weighted by atomic mass is 35.5. The van der Waals surface area contributed by atoms with Crippen LogP contribution in [0.15, 0.2) is 0 Å². The van der Waals surface area contributed by atoms with Crippen molar-refractivity contribution in [3.63, 3.8) is 0 Å². The van der Waals surface area contributed by atoms with Gasteiger partial charge >= 0.3 is 0 Å². The van der Waals surface area contributed by atoms with Gasteiger partial charge in [-0.15, -0.1) is 12.4 Å². The van der Waals surface area contributed by atoms with Crippen LogP contribution in [0.1, 0.15) is 46.0 Å². The quantitative estimate of drug-likeness (QED) is 0.864. The number of carbonyl (C=O) groups is 1. The first-order chi connectivity index (χ1) is 8.61. The van der Waals surface area contributed by atoms with Crippen LogP contribution in [0.3, 0.4) is 0 Å². The maximum absolute atomic E-state index is 12.4. The van der Waals surface area contributed by atoms with Crippen LogP contribution in [0.2, 0.25) is 0 Å². The van der Waals surface area contributed by atoms with Crippen molar-refractivity contribution in [3.05, 3.63) is 0 Å². The minimum Gasteiger partial charge on any atom is -0.375 e. The van der Waals surface area contributed by atoms with E-state index in [1.807, 2.05) is 11.8 Å². The van der Waals surface area contributed by atoms with Gasteiger partial charge in [0.1, 0.15) is 0 Å². The minimum absolute atomic E-state index is 0. The molecule has 2 fully saturated rings. The largest absolute Gasteiger partial charge is 0.375 e. The van der Waals surface area contributed by atoms with Gasteiger partial charge in [-0.05, 0) is 32.1 Å². The normalized spacial score (nSPS) is 35.0. The number of halogens is 1. The molecule has 1 aliphatic carbocycles. The molecule has 1 saturated heterocycles. The van der Waals surface area contributed by atoms with E-state index in [0.29, 0.717) is 18.9 Å². The summed E-state index contributed by atoms with van der Waals surface area (Å²) in [5, 5.41) is 0. The summed E-state index contributed by atoms with van der Waals surface area (Å²) >= 11 is 0. The maximum Gasteiger partial charge on any atom is 0.223 e. The van der Waals surface area contributed by atoms with E-state index in [1.54, 1.807) is 0 Å². The molecular formula is C14H27ClN2O2. The van der Waals surface area contributed by atoms with Gasteiger partial charge in [-0.2, -0.15) is 0 Å². The first-order valence-electron chi connectivity index (χ1n) is 7.28. The monoisotopic (exact) mass is 290 g/mol.